The van der Waals surface area contributed by atoms with Crippen molar-refractivity contribution in [3.8, 4) is 0 Å². The Hall–Kier alpha value is -1.62. The Labute approximate surface area is 111 Å². The summed E-state index contributed by atoms with van der Waals surface area (Å²) in [5, 5.41) is 0. The summed E-state index contributed by atoms with van der Waals surface area (Å²) in [5.41, 5.74) is 1.53. The maximum absolute atomic E-state index is 12.0. The molecule has 0 unspecified atom stereocenters. The monoisotopic (exact) mass is 261 g/mol. The predicted octanol–water partition coefficient (Wildman–Crippen LogP) is 1.93. The van der Waals surface area contributed by atoms with Gasteiger partial charge in [-0.2, -0.15) is 0 Å². The molecule has 0 bridgehead atoms. The minimum Gasteiger partial charge on any atom is -0.381 e. The molecule has 0 aliphatic heterocycles. The van der Waals surface area contributed by atoms with E-state index in [1.54, 1.807) is 13.3 Å². The van der Waals surface area contributed by atoms with E-state index in [0.717, 1.165) is 37.7 Å². The van der Waals surface area contributed by atoms with Crippen LogP contribution in [-0.4, -0.2) is 27.7 Å². The Balaban J connectivity index is 1.79. The molecule has 0 aromatic carbocycles. The van der Waals surface area contributed by atoms with Gasteiger partial charge in [0.1, 0.15) is 0 Å². The normalized spacial score (nSPS) is 23.8. The molecular formula is C14H19N3O2. The van der Waals surface area contributed by atoms with Crippen LogP contribution in [0.25, 0.3) is 11.2 Å². The van der Waals surface area contributed by atoms with Crippen LogP contribution >= 0.6 is 0 Å². The van der Waals surface area contributed by atoms with Crippen LogP contribution in [0.1, 0.15) is 25.7 Å². The Morgan fingerprint density at radius 1 is 1.42 bits per heavy atom. The molecule has 0 atom stereocenters. The first kappa shape index (κ1) is 12.4. The van der Waals surface area contributed by atoms with Crippen LogP contribution in [0.5, 0.6) is 0 Å². The number of nitrogens with one attached hydrogen (secondary N) is 1. The molecular weight excluding hydrogens is 242 g/mol. The molecule has 5 nitrogen and oxygen atoms in total. The Morgan fingerprint density at radius 2 is 2.21 bits per heavy atom. The smallest absolute Gasteiger partial charge is 0.327 e. The molecule has 1 saturated carbocycles. The number of hydrogen-bond donors (Lipinski definition) is 1. The van der Waals surface area contributed by atoms with Gasteiger partial charge in [-0.1, -0.05) is 0 Å². The zero-order chi connectivity index (χ0) is 13.2. The van der Waals surface area contributed by atoms with E-state index in [-0.39, 0.29) is 5.69 Å². The molecule has 0 radical (unpaired) electrons. The first-order valence-corrected chi connectivity index (χ1v) is 6.84. The number of hydrogen-bond acceptors (Lipinski definition) is 3. The van der Waals surface area contributed by atoms with Crippen LogP contribution in [0.15, 0.2) is 23.1 Å². The predicted molar refractivity (Wildman–Crippen MR) is 73.1 cm³/mol. The second-order valence-corrected chi connectivity index (χ2v) is 5.29. The maximum Gasteiger partial charge on any atom is 0.327 e. The third-order valence-electron chi connectivity index (χ3n) is 4.12. The van der Waals surface area contributed by atoms with Crippen molar-refractivity contribution in [1.29, 1.82) is 0 Å². The molecule has 19 heavy (non-hydrogen) atoms. The summed E-state index contributed by atoms with van der Waals surface area (Å²) < 4.78 is 7.20. The highest BCUT2D eigenvalue weighted by atomic mass is 16.5. The van der Waals surface area contributed by atoms with E-state index in [1.165, 1.54) is 0 Å². The van der Waals surface area contributed by atoms with E-state index in [1.807, 2.05) is 16.7 Å². The van der Waals surface area contributed by atoms with Crippen LogP contribution in [0.4, 0.5) is 0 Å². The van der Waals surface area contributed by atoms with Crippen LogP contribution < -0.4 is 5.69 Å². The van der Waals surface area contributed by atoms with Crippen molar-refractivity contribution in [2.24, 2.45) is 5.92 Å². The number of methoxy groups -OCH3 is 1. The number of fused-ring (bicyclic) bond motifs is 1. The van der Waals surface area contributed by atoms with Crippen LogP contribution in [0, 0.1) is 5.92 Å². The van der Waals surface area contributed by atoms with Crippen molar-refractivity contribution >= 4 is 11.2 Å². The highest BCUT2D eigenvalue weighted by Gasteiger charge is 2.22. The van der Waals surface area contributed by atoms with E-state index in [4.69, 9.17) is 4.74 Å². The van der Waals surface area contributed by atoms with E-state index in [9.17, 15) is 4.79 Å². The van der Waals surface area contributed by atoms with Crippen molar-refractivity contribution in [3.63, 3.8) is 0 Å². The molecule has 0 amide bonds. The van der Waals surface area contributed by atoms with E-state index >= 15 is 0 Å². The molecule has 1 aliphatic carbocycles. The fraction of sp³-hybridized carbons (Fsp3) is 0.571. The molecule has 1 fully saturated rings. The molecule has 2 aromatic heterocycles. The average molecular weight is 261 g/mol. The second-order valence-electron chi connectivity index (χ2n) is 5.29. The van der Waals surface area contributed by atoms with E-state index < -0.39 is 0 Å². The molecule has 2 heterocycles. The standard InChI is InChI=1S/C14H19N3O2/c1-19-11-6-4-10(5-7-11)9-17-12-3-2-8-15-13(12)16-14(17)18/h2-3,8,10-11H,4-7,9H2,1H3,(H,15,16,18). The van der Waals surface area contributed by atoms with Gasteiger partial charge in [0.25, 0.3) is 0 Å². The van der Waals surface area contributed by atoms with Gasteiger partial charge in [0.2, 0.25) is 0 Å². The highest BCUT2D eigenvalue weighted by Crippen LogP contribution is 2.27. The fourth-order valence-electron chi connectivity index (χ4n) is 2.98. The number of aromatic nitrogens is 3. The minimum atomic E-state index is -0.0532. The number of ether oxygens (including phenoxy) is 1. The van der Waals surface area contributed by atoms with Gasteiger partial charge in [-0.05, 0) is 43.7 Å². The van der Waals surface area contributed by atoms with E-state index in [2.05, 4.69) is 9.97 Å². The summed E-state index contributed by atoms with van der Waals surface area (Å²) in [7, 11) is 1.78. The second kappa shape index (κ2) is 5.17. The van der Waals surface area contributed by atoms with Gasteiger partial charge in [-0.3, -0.25) is 9.55 Å². The summed E-state index contributed by atoms with van der Waals surface area (Å²) in [6.45, 7) is 0.779. The highest BCUT2D eigenvalue weighted by molar-refractivity contribution is 5.70. The molecule has 0 saturated heterocycles. The summed E-state index contributed by atoms with van der Waals surface area (Å²) in [5.74, 6) is 0.559. The average Bonchev–Trinajstić information content (AvgIpc) is 2.76. The lowest BCUT2D eigenvalue weighted by atomic mass is 9.87. The SMILES string of the molecule is COC1CCC(Cn2c(=O)[nH]c3ncccc32)CC1. The van der Waals surface area contributed by atoms with Crippen LogP contribution in [0.2, 0.25) is 0 Å². The zero-order valence-corrected chi connectivity index (χ0v) is 11.1. The minimum absolute atomic E-state index is 0.0532. The van der Waals surface area contributed by atoms with Crippen molar-refractivity contribution in [2.75, 3.05) is 7.11 Å². The lowest BCUT2D eigenvalue weighted by Crippen LogP contribution is -2.27. The Bertz CT molecular complexity index is 608. The third-order valence-corrected chi connectivity index (χ3v) is 4.12. The summed E-state index contributed by atoms with van der Waals surface area (Å²) in [4.78, 5) is 19.0. The molecule has 0 spiro atoms. The lowest BCUT2D eigenvalue weighted by Gasteiger charge is -2.27. The molecule has 5 heteroatoms. The van der Waals surface area contributed by atoms with Crippen LogP contribution in [0.3, 0.4) is 0 Å². The number of pyridine rings is 1. The van der Waals surface area contributed by atoms with Crippen LogP contribution in [-0.2, 0) is 11.3 Å². The summed E-state index contributed by atoms with van der Waals surface area (Å²) in [6, 6.07) is 3.81. The number of nitrogens with zero attached hydrogens (tertiary/aromatic N) is 2. The van der Waals surface area contributed by atoms with Gasteiger partial charge in [0, 0.05) is 19.9 Å². The quantitative estimate of drug-likeness (QED) is 0.918. The van der Waals surface area contributed by atoms with E-state index in [0.29, 0.717) is 17.7 Å². The number of H-pyrrole nitrogens is 1. The summed E-state index contributed by atoms with van der Waals surface area (Å²) >= 11 is 0. The van der Waals surface area contributed by atoms with Crippen molar-refractivity contribution in [3.05, 3.63) is 28.8 Å². The zero-order valence-electron chi connectivity index (χ0n) is 11.1. The Morgan fingerprint density at radius 3 is 2.95 bits per heavy atom. The summed E-state index contributed by atoms with van der Waals surface area (Å²) in [6.07, 6.45) is 6.53. The van der Waals surface area contributed by atoms with Gasteiger partial charge in [-0.15, -0.1) is 0 Å². The maximum atomic E-state index is 12.0. The van der Waals surface area contributed by atoms with Gasteiger partial charge in [-0.25, -0.2) is 9.78 Å². The third kappa shape index (κ3) is 2.42. The van der Waals surface area contributed by atoms with Crippen molar-refractivity contribution in [2.45, 2.75) is 38.3 Å². The van der Waals surface area contributed by atoms with Gasteiger partial charge >= 0.3 is 5.69 Å². The first-order valence-electron chi connectivity index (χ1n) is 6.84. The van der Waals surface area contributed by atoms with Gasteiger partial charge < -0.3 is 4.74 Å². The topological polar surface area (TPSA) is 59.9 Å². The number of rotatable bonds is 3. The van der Waals surface area contributed by atoms with Gasteiger partial charge in [0.15, 0.2) is 5.65 Å². The molecule has 2 aromatic rings. The fourth-order valence-corrected chi connectivity index (χ4v) is 2.98. The first-order chi connectivity index (χ1) is 9.28. The Kier molecular flexibility index (Phi) is 3.38. The molecule has 102 valence electrons. The lowest BCUT2D eigenvalue weighted by molar-refractivity contribution is 0.0542. The molecule has 1 aliphatic rings. The number of aromatic amines is 1. The van der Waals surface area contributed by atoms with Crippen molar-refractivity contribution < 1.29 is 4.74 Å². The molecule has 3 rings (SSSR count). The van der Waals surface area contributed by atoms with Crippen molar-refractivity contribution in [1.82, 2.24) is 14.5 Å². The van der Waals surface area contributed by atoms with Gasteiger partial charge in [0.05, 0.1) is 11.6 Å². The molecule has 1 N–H and O–H groups in total. The largest absolute Gasteiger partial charge is 0.381 e. The number of imidazole rings is 1.